The smallest absolute Gasteiger partial charge is 0.475 e. The molecule has 2 saturated heterocycles. The molecule has 1 saturated carbocycles. The standard InChI is InChI=1S/C27H23F2N5O3S.C2HF3O2/c1-13-19(23(35)33-7-5-27(28,29)12-33)17(8-14(10-30)32-13)16-4-6-31-18-9-15(38-22(16)18)11-34-24(36)20-21(25(34)37)26(20,2)3;3-2(4,5)1(6)7/h4,6,8-9,20-21H,5,7,11-12H2,1-3H3;(H,6,7). The quantitative estimate of drug-likeness (QED) is 0.314. The van der Waals surface area contributed by atoms with Crippen LogP contribution in [0.15, 0.2) is 24.4 Å². The number of carbonyl (C=O) groups excluding carboxylic acids is 3. The minimum absolute atomic E-state index is 0.0731. The van der Waals surface area contributed by atoms with E-state index in [1.807, 2.05) is 19.9 Å². The Bertz CT molecular complexity index is 1790. The van der Waals surface area contributed by atoms with Crippen molar-refractivity contribution in [2.75, 3.05) is 13.1 Å². The van der Waals surface area contributed by atoms with E-state index in [0.29, 0.717) is 21.3 Å². The average molecular weight is 650 g/mol. The Labute approximate surface area is 256 Å². The predicted octanol–water partition coefficient (Wildman–Crippen LogP) is 4.79. The fourth-order valence-corrected chi connectivity index (χ4v) is 7.00. The van der Waals surface area contributed by atoms with E-state index >= 15 is 0 Å². The van der Waals surface area contributed by atoms with E-state index in [2.05, 4.69) is 9.97 Å². The van der Waals surface area contributed by atoms with Crippen molar-refractivity contribution in [2.45, 2.75) is 45.8 Å². The number of carboxylic acid groups (broad SMARTS) is 1. The lowest BCUT2D eigenvalue weighted by molar-refractivity contribution is -0.192. The van der Waals surface area contributed by atoms with Crippen LogP contribution in [0.2, 0.25) is 0 Å². The first-order valence-corrected chi connectivity index (χ1v) is 14.3. The van der Waals surface area contributed by atoms with E-state index in [4.69, 9.17) is 9.90 Å². The van der Waals surface area contributed by atoms with Crippen molar-refractivity contribution in [1.82, 2.24) is 19.8 Å². The second-order valence-electron chi connectivity index (χ2n) is 11.6. The van der Waals surface area contributed by atoms with Crippen LogP contribution in [0.1, 0.15) is 46.9 Å². The highest BCUT2D eigenvalue weighted by atomic mass is 32.1. The van der Waals surface area contributed by atoms with Gasteiger partial charge in [0.2, 0.25) is 11.8 Å². The minimum Gasteiger partial charge on any atom is -0.475 e. The van der Waals surface area contributed by atoms with E-state index in [1.54, 1.807) is 25.3 Å². The Kier molecular flexibility index (Phi) is 7.67. The summed E-state index contributed by atoms with van der Waals surface area (Å²) in [7, 11) is 0. The van der Waals surface area contributed by atoms with E-state index in [0.717, 1.165) is 9.78 Å². The van der Waals surface area contributed by atoms with E-state index in [1.165, 1.54) is 22.3 Å². The van der Waals surface area contributed by atoms with Gasteiger partial charge in [0.25, 0.3) is 11.8 Å². The number of imide groups is 1. The van der Waals surface area contributed by atoms with Crippen LogP contribution in [0.4, 0.5) is 22.0 Å². The second-order valence-corrected chi connectivity index (χ2v) is 12.7. The van der Waals surface area contributed by atoms with Crippen LogP contribution in [-0.2, 0) is 20.9 Å². The van der Waals surface area contributed by atoms with E-state index in [-0.39, 0.29) is 59.1 Å². The van der Waals surface area contributed by atoms with Gasteiger partial charge in [0.15, 0.2) is 0 Å². The molecule has 16 heteroatoms. The molecule has 236 valence electrons. The lowest BCUT2D eigenvalue weighted by Crippen LogP contribution is -2.35. The summed E-state index contributed by atoms with van der Waals surface area (Å²) in [6.07, 6.45) is -3.92. The molecule has 3 fully saturated rings. The number of hydrogen-bond donors (Lipinski definition) is 1. The first-order chi connectivity index (χ1) is 20.9. The number of hydrogen-bond acceptors (Lipinski definition) is 8. The van der Waals surface area contributed by atoms with Crippen molar-refractivity contribution < 1.29 is 46.2 Å². The molecular formula is C29H24F5N5O5S. The van der Waals surface area contributed by atoms with E-state index in [9.17, 15) is 41.6 Å². The number of thiophene rings is 1. The van der Waals surface area contributed by atoms with Gasteiger partial charge in [0.1, 0.15) is 11.8 Å². The van der Waals surface area contributed by atoms with Crippen LogP contribution in [0.25, 0.3) is 21.3 Å². The van der Waals surface area contributed by atoms with Crippen molar-refractivity contribution in [1.29, 1.82) is 5.26 Å². The molecule has 3 amide bonds. The van der Waals surface area contributed by atoms with Crippen molar-refractivity contribution in [3.8, 4) is 17.2 Å². The number of alkyl halides is 5. The predicted molar refractivity (Wildman–Crippen MR) is 148 cm³/mol. The summed E-state index contributed by atoms with van der Waals surface area (Å²) in [5.74, 6) is -7.13. The number of fused-ring (bicyclic) bond motifs is 2. The van der Waals surface area contributed by atoms with Gasteiger partial charge in [0, 0.05) is 35.2 Å². The monoisotopic (exact) mass is 649 g/mol. The average Bonchev–Trinajstić information content (AvgIpc) is 3.27. The number of carbonyl (C=O) groups is 4. The number of amides is 3. The first kappa shape index (κ1) is 31.9. The summed E-state index contributed by atoms with van der Waals surface area (Å²) in [5, 5.41) is 16.7. The van der Waals surface area contributed by atoms with Crippen LogP contribution in [0, 0.1) is 35.5 Å². The molecule has 0 aromatic carbocycles. The van der Waals surface area contributed by atoms with Crippen molar-refractivity contribution >= 4 is 45.2 Å². The summed E-state index contributed by atoms with van der Waals surface area (Å²) in [6.45, 7) is 4.83. The Morgan fingerprint density at radius 1 is 1.16 bits per heavy atom. The summed E-state index contributed by atoms with van der Waals surface area (Å²) >= 11 is 1.34. The maximum absolute atomic E-state index is 13.9. The third-order valence-corrected chi connectivity index (χ3v) is 9.33. The van der Waals surface area contributed by atoms with Gasteiger partial charge in [-0.15, -0.1) is 11.3 Å². The SMILES string of the molecule is Cc1nc(C#N)cc(-c2ccnc3cc(CN4C(=O)C5C(C4=O)C5(C)C)sc23)c1C(=O)N1CCC(F)(F)C1.O=C(O)C(F)(F)F. The van der Waals surface area contributed by atoms with Crippen LogP contribution >= 0.6 is 11.3 Å². The number of nitrogens with zero attached hydrogens (tertiary/aromatic N) is 5. The number of nitriles is 1. The number of carboxylic acids is 1. The van der Waals surface area contributed by atoms with Crippen LogP contribution in [0.5, 0.6) is 0 Å². The van der Waals surface area contributed by atoms with Gasteiger partial charge in [0.05, 0.1) is 46.4 Å². The molecule has 5 heterocycles. The van der Waals surface area contributed by atoms with Gasteiger partial charge in [-0.05, 0) is 30.5 Å². The molecule has 2 aliphatic heterocycles. The number of aliphatic carboxylic acids is 1. The molecule has 0 radical (unpaired) electrons. The Morgan fingerprint density at radius 2 is 1.78 bits per heavy atom. The highest BCUT2D eigenvalue weighted by Crippen LogP contribution is 2.63. The van der Waals surface area contributed by atoms with Crippen LogP contribution in [-0.4, -0.2) is 73.8 Å². The maximum Gasteiger partial charge on any atom is 0.490 e. The van der Waals surface area contributed by atoms with Gasteiger partial charge in [-0.3, -0.25) is 24.3 Å². The van der Waals surface area contributed by atoms with Gasteiger partial charge in [-0.1, -0.05) is 13.8 Å². The molecule has 45 heavy (non-hydrogen) atoms. The molecule has 6 rings (SSSR count). The molecule has 0 bridgehead atoms. The largest absolute Gasteiger partial charge is 0.490 e. The normalized spacial score (nSPS) is 21.3. The lowest BCUT2D eigenvalue weighted by atomic mass is 9.97. The van der Waals surface area contributed by atoms with Gasteiger partial charge in [-0.25, -0.2) is 18.6 Å². The first-order valence-electron chi connectivity index (χ1n) is 13.5. The molecule has 1 N–H and O–H groups in total. The zero-order valence-electron chi connectivity index (χ0n) is 23.9. The molecule has 2 unspecified atom stereocenters. The number of halogens is 5. The molecule has 2 atom stereocenters. The number of rotatable bonds is 4. The summed E-state index contributed by atoms with van der Waals surface area (Å²) < 4.78 is 60.2. The van der Waals surface area contributed by atoms with Gasteiger partial charge < -0.3 is 10.0 Å². The second kappa shape index (κ2) is 10.8. The molecular weight excluding hydrogens is 625 g/mol. The maximum atomic E-state index is 13.9. The zero-order chi connectivity index (χ0) is 33.2. The topological polar surface area (TPSA) is 145 Å². The zero-order valence-corrected chi connectivity index (χ0v) is 24.7. The van der Waals surface area contributed by atoms with Gasteiger partial charge in [-0.2, -0.15) is 18.4 Å². The number of likely N-dealkylation sites (tertiary alicyclic amines) is 2. The fourth-order valence-electron chi connectivity index (χ4n) is 5.87. The molecule has 3 aromatic heterocycles. The van der Waals surface area contributed by atoms with Crippen molar-refractivity contribution in [3.63, 3.8) is 0 Å². The van der Waals surface area contributed by atoms with Crippen LogP contribution < -0.4 is 0 Å². The molecule has 3 aliphatic rings. The van der Waals surface area contributed by atoms with Crippen LogP contribution in [0.3, 0.4) is 0 Å². The number of pyridine rings is 2. The van der Waals surface area contributed by atoms with E-state index < -0.39 is 36.9 Å². The molecule has 1 aliphatic carbocycles. The summed E-state index contributed by atoms with van der Waals surface area (Å²) in [4.78, 5) is 59.8. The highest BCUT2D eigenvalue weighted by molar-refractivity contribution is 7.19. The third kappa shape index (κ3) is 5.72. The minimum atomic E-state index is -5.08. The third-order valence-electron chi connectivity index (χ3n) is 8.19. The van der Waals surface area contributed by atoms with Gasteiger partial charge >= 0.3 is 12.1 Å². The van der Waals surface area contributed by atoms with Crippen molar-refractivity contribution in [2.24, 2.45) is 17.3 Å². The lowest BCUT2D eigenvalue weighted by Gasteiger charge is -2.20. The molecule has 0 spiro atoms. The summed E-state index contributed by atoms with van der Waals surface area (Å²) in [5.41, 5.74) is 1.85. The molecule has 3 aromatic rings. The Morgan fingerprint density at radius 3 is 2.31 bits per heavy atom. The number of aryl methyl sites for hydroxylation is 1. The Hall–Kier alpha value is -4.52. The summed E-state index contributed by atoms with van der Waals surface area (Å²) in [6, 6.07) is 7.01. The van der Waals surface area contributed by atoms with Crippen molar-refractivity contribution in [3.05, 3.63) is 46.2 Å². The highest BCUT2D eigenvalue weighted by Gasteiger charge is 2.72. The number of aromatic nitrogens is 2. The molecule has 10 nitrogen and oxygen atoms in total. The fraction of sp³-hybridized carbons (Fsp3) is 0.414. The Balaban J connectivity index is 0.000000515. The number of piperidine rings is 1.